The van der Waals surface area contributed by atoms with Crippen LogP contribution in [0.2, 0.25) is 5.02 Å². The molecule has 6 heteroatoms. The molecule has 4 nitrogen and oxygen atoms in total. The quantitative estimate of drug-likeness (QED) is 0.852. The van der Waals surface area contributed by atoms with Gasteiger partial charge in [-0.1, -0.05) is 23.7 Å². The molecule has 0 saturated heterocycles. The molecule has 23 heavy (non-hydrogen) atoms. The Balaban J connectivity index is 1.95. The molecule has 1 amide bonds. The van der Waals surface area contributed by atoms with Crippen molar-refractivity contribution in [1.82, 2.24) is 5.32 Å². The fraction of sp³-hybridized carbons (Fsp3) is 0.235. The van der Waals surface area contributed by atoms with Gasteiger partial charge in [0, 0.05) is 17.1 Å². The minimum atomic E-state index is -0.465. The molecule has 0 fully saturated rings. The van der Waals surface area contributed by atoms with Gasteiger partial charge >= 0.3 is 0 Å². The van der Waals surface area contributed by atoms with Crippen LogP contribution >= 0.6 is 11.6 Å². The zero-order chi connectivity index (χ0) is 16.8. The largest absolute Gasteiger partial charge is 0.497 e. The normalized spacial score (nSPS) is 10.4. The van der Waals surface area contributed by atoms with Crippen molar-refractivity contribution in [3.8, 4) is 5.75 Å². The van der Waals surface area contributed by atoms with Crippen LogP contribution < -0.4 is 10.1 Å². The molecule has 2 N–H and O–H groups in total. The summed E-state index contributed by atoms with van der Waals surface area (Å²) in [5.41, 5.74) is 1.61. The maximum Gasteiger partial charge on any atom is 0.224 e. The highest BCUT2D eigenvalue weighted by Gasteiger charge is 2.09. The van der Waals surface area contributed by atoms with Crippen molar-refractivity contribution < 1.29 is 19.0 Å². The van der Waals surface area contributed by atoms with Gasteiger partial charge in [0.2, 0.25) is 5.91 Å². The van der Waals surface area contributed by atoms with E-state index in [4.69, 9.17) is 21.4 Å². The number of carbonyl (C=O) groups excluding carboxylic acids is 1. The van der Waals surface area contributed by atoms with Crippen molar-refractivity contribution in [1.29, 1.82) is 0 Å². The van der Waals surface area contributed by atoms with E-state index in [9.17, 15) is 9.18 Å². The summed E-state index contributed by atoms with van der Waals surface area (Å²) >= 11 is 6.10. The maximum absolute atomic E-state index is 13.3. The van der Waals surface area contributed by atoms with Crippen molar-refractivity contribution in [3.63, 3.8) is 0 Å². The van der Waals surface area contributed by atoms with E-state index in [1.165, 1.54) is 12.1 Å². The number of hydrogen-bond donors (Lipinski definition) is 2. The van der Waals surface area contributed by atoms with Crippen LogP contribution in [0.15, 0.2) is 36.4 Å². The van der Waals surface area contributed by atoms with Crippen molar-refractivity contribution in [2.75, 3.05) is 7.11 Å². The Labute approximate surface area is 138 Å². The van der Waals surface area contributed by atoms with Gasteiger partial charge < -0.3 is 15.2 Å². The first-order chi connectivity index (χ1) is 11.0. The monoisotopic (exact) mass is 337 g/mol. The minimum absolute atomic E-state index is 0.136. The average molecular weight is 338 g/mol. The van der Waals surface area contributed by atoms with Crippen LogP contribution in [0, 0.1) is 5.82 Å². The van der Waals surface area contributed by atoms with Gasteiger partial charge in [0.15, 0.2) is 0 Å². The lowest BCUT2D eigenvalue weighted by molar-refractivity contribution is -0.120. The number of aliphatic hydroxyl groups excluding tert-OH is 1. The highest BCUT2D eigenvalue weighted by molar-refractivity contribution is 6.31. The number of aliphatic hydroxyl groups is 1. The van der Waals surface area contributed by atoms with Gasteiger partial charge in [-0.25, -0.2) is 4.39 Å². The summed E-state index contributed by atoms with van der Waals surface area (Å²) in [7, 11) is 1.54. The number of rotatable bonds is 6. The molecule has 2 aromatic carbocycles. The molecule has 0 aliphatic heterocycles. The third-order valence-electron chi connectivity index (χ3n) is 3.38. The van der Waals surface area contributed by atoms with Crippen molar-refractivity contribution in [2.24, 2.45) is 0 Å². The van der Waals surface area contributed by atoms with Crippen molar-refractivity contribution >= 4 is 17.5 Å². The average Bonchev–Trinajstić information content (AvgIpc) is 2.56. The van der Waals surface area contributed by atoms with E-state index >= 15 is 0 Å². The first kappa shape index (κ1) is 17.2. The van der Waals surface area contributed by atoms with Crippen LogP contribution in [-0.4, -0.2) is 18.1 Å². The van der Waals surface area contributed by atoms with Crippen LogP contribution in [-0.2, 0) is 24.4 Å². The van der Waals surface area contributed by atoms with Crippen LogP contribution in [0.4, 0.5) is 4.39 Å². The third-order valence-corrected chi connectivity index (χ3v) is 3.73. The summed E-state index contributed by atoms with van der Waals surface area (Å²) in [6.07, 6.45) is 0.136. The summed E-state index contributed by atoms with van der Waals surface area (Å²) in [4.78, 5) is 12.0. The van der Waals surface area contributed by atoms with Crippen LogP contribution in [0.3, 0.4) is 0 Å². The molecule has 2 aromatic rings. The summed E-state index contributed by atoms with van der Waals surface area (Å²) < 4.78 is 18.3. The first-order valence-corrected chi connectivity index (χ1v) is 7.38. The fourth-order valence-corrected chi connectivity index (χ4v) is 2.33. The van der Waals surface area contributed by atoms with Crippen LogP contribution in [0.5, 0.6) is 5.75 Å². The summed E-state index contributed by atoms with van der Waals surface area (Å²) in [5.74, 6) is -0.0402. The molecule has 0 radical (unpaired) electrons. The van der Waals surface area contributed by atoms with Crippen molar-refractivity contribution in [2.45, 2.75) is 19.6 Å². The SMILES string of the molecule is COc1ccc(CC(=O)NCc2ccc(F)c(CO)c2)c(Cl)c1. The predicted molar refractivity (Wildman–Crippen MR) is 85.9 cm³/mol. The van der Waals surface area contributed by atoms with E-state index in [1.807, 2.05) is 0 Å². The Hall–Kier alpha value is -2.11. The molecule has 0 aliphatic rings. The van der Waals surface area contributed by atoms with Gasteiger partial charge in [0.1, 0.15) is 11.6 Å². The highest BCUT2D eigenvalue weighted by Crippen LogP contribution is 2.22. The standard InChI is InChI=1S/C17H17ClFNO3/c1-23-14-4-3-12(15(18)8-14)7-17(22)20-9-11-2-5-16(19)13(6-11)10-21/h2-6,8,21H,7,9-10H2,1H3,(H,20,22). The summed E-state index contributed by atoms with van der Waals surface area (Å²) in [5, 5.41) is 12.2. The Morgan fingerprint density at radius 2 is 2.04 bits per heavy atom. The molecular weight excluding hydrogens is 321 g/mol. The molecular formula is C17H17ClFNO3. The Morgan fingerprint density at radius 1 is 1.26 bits per heavy atom. The number of amides is 1. The highest BCUT2D eigenvalue weighted by atomic mass is 35.5. The number of halogens is 2. The zero-order valence-electron chi connectivity index (χ0n) is 12.6. The number of nitrogens with one attached hydrogen (secondary N) is 1. The number of benzene rings is 2. The number of ether oxygens (including phenoxy) is 1. The second kappa shape index (κ2) is 7.94. The molecule has 122 valence electrons. The smallest absolute Gasteiger partial charge is 0.224 e. The molecule has 0 unspecified atom stereocenters. The Bertz CT molecular complexity index is 706. The first-order valence-electron chi connectivity index (χ1n) is 7.00. The van der Waals surface area contributed by atoms with E-state index in [2.05, 4.69) is 5.32 Å². The van der Waals surface area contributed by atoms with E-state index in [-0.39, 0.29) is 31.0 Å². The predicted octanol–water partition coefficient (Wildman–Crippen LogP) is 2.84. The zero-order valence-corrected chi connectivity index (χ0v) is 13.4. The lowest BCUT2D eigenvalue weighted by Gasteiger charge is -2.09. The number of hydrogen-bond acceptors (Lipinski definition) is 3. The second-order valence-electron chi connectivity index (χ2n) is 4.99. The molecule has 0 atom stereocenters. The molecule has 0 saturated carbocycles. The van der Waals surface area contributed by atoms with Crippen LogP contribution in [0.25, 0.3) is 0 Å². The fourth-order valence-electron chi connectivity index (χ4n) is 2.09. The van der Waals surface area contributed by atoms with E-state index in [0.29, 0.717) is 21.9 Å². The minimum Gasteiger partial charge on any atom is -0.497 e. The van der Waals surface area contributed by atoms with E-state index < -0.39 is 5.82 Å². The van der Waals surface area contributed by atoms with E-state index in [0.717, 1.165) is 0 Å². The molecule has 2 rings (SSSR count). The van der Waals surface area contributed by atoms with Gasteiger partial charge in [0.05, 0.1) is 20.1 Å². The molecule has 0 aliphatic carbocycles. The molecule has 0 aromatic heterocycles. The Morgan fingerprint density at radius 3 is 2.70 bits per heavy atom. The van der Waals surface area contributed by atoms with Gasteiger partial charge in [0.25, 0.3) is 0 Å². The molecule has 0 bridgehead atoms. The third kappa shape index (κ3) is 4.68. The topological polar surface area (TPSA) is 58.6 Å². The summed E-state index contributed by atoms with van der Waals surface area (Å²) in [6.45, 7) is -0.130. The van der Waals surface area contributed by atoms with E-state index in [1.54, 1.807) is 31.4 Å². The molecule has 0 spiro atoms. The lowest BCUT2D eigenvalue weighted by atomic mass is 10.1. The maximum atomic E-state index is 13.3. The number of methoxy groups -OCH3 is 1. The number of carbonyl (C=O) groups is 1. The van der Waals surface area contributed by atoms with Gasteiger partial charge in [-0.05, 0) is 35.4 Å². The van der Waals surface area contributed by atoms with Crippen molar-refractivity contribution in [3.05, 3.63) is 63.9 Å². The second-order valence-corrected chi connectivity index (χ2v) is 5.40. The van der Waals surface area contributed by atoms with Crippen LogP contribution in [0.1, 0.15) is 16.7 Å². The summed E-state index contributed by atoms with van der Waals surface area (Å²) in [6, 6.07) is 9.49. The van der Waals surface area contributed by atoms with Gasteiger partial charge in [-0.2, -0.15) is 0 Å². The molecule has 0 heterocycles. The van der Waals surface area contributed by atoms with Gasteiger partial charge in [-0.15, -0.1) is 0 Å². The van der Waals surface area contributed by atoms with Gasteiger partial charge in [-0.3, -0.25) is 4.79 Å². The lowest BCUT2D eigenvalue weighted by Crippen LogP contribution is -2.24. The Kier molecular flexibility index (Phi) is 5.96.